The van der Waals surface area contributed by atoms with E-state index in [1.807, 2.05) is 0 Å². The molecule has 0 aromatic rings. The fourth-order valence-corrected chi connectivity index (χ4v) is 0.498. The van der Waals surface area contributed by atoms with E-state index in [0.29, 0.717) is 0 Å². The van der Waals surface area contributed by atoms with E-state index in [-0.39, 0.29) is 0 Å². The zero-order valence-corrected chi connectivity index (χ0v) is 5.63. The maximum Gasteiger partial charge on any atom is 0.225 e. The summed E-state index contributed by atoms with van der Waals surface area (Å²) in [6, 6.07) is 0. The Kier molecular flexibility index (Phi) is 4.46. The zero-order valence-electron chi connectivity index (χ0n) is 5.63. The first-order valence-electron chi connectivity index (χ1n) is 2.98. The van der Waals surface area contributed by atoms with Crippen LogP contribution in [0.4, 0.5) is 4.39 Å². The Labute approximate surface area is 62.3 Å². The summed E-state index contributed by atoms with van der Waals surface area (Å²) >= 11 is 0. The first kappa shape index (κ1) is 10.7. The van der Waals surface area contributed by atoms with Crippen LogP contribution in [0.5, 0.6) is 0 Å². The molecular weight excluding hydrogens is 159 g/mol. The Bertz CT molecular complexity index is 109. The topological polar surface area (TPSA) is 101 Å². The molecule has 5 N–H and O–H groups in total. The van der Waals surface area contributed by atoms with E-state index in [9.17, 15) is 4.39 Å². The normalized spacial score (nSPS) is 22.4. The summed E-state index contributed by atoms with van der Waals surface area (Å²) in [5, 5.41) is 42.1. The molecule has 0 aromatic heterocycles. The van der Waals surface area contributed by atoms with Crippen LogP contribution in [0.25, 0.3) is 0 Å². The van der Waals surface area contributed by atoms with Gasteiger partial charge in [-0.25, -0.2) is 4.39 Å². The molecule has 0 bridgehead atoms. The van der Waals surface area contributed by atoms with E-state index >= 15 is 0 Å². The number of hydrogen-bond donors (Lipinski definition) is 5. The highest BCUT2D eigenvalue weighted by Gasteiger charge is 2.29. The van der Waals surface area contributed by atoms with Gasteiger partial charge in [0, 0.05) is 0 Å². The van der Waals surface area contributed by atoms with Gasteiger partial charge in [0.1, 0.15) is 18.3 Å². The lowest BCUT2D eigenvalue weighted by molar-refractivity contribution is -0.149. The van der Waals surface area contributed by atoms with Gasteiger partial charge in [0.05, 0.1) is 6.61 Å². The van der Waals surface area contributed by atoms with Gasteiger partial charge < -0.3 is 25.5 Å². The molecule has 0 aliphatic carbocycles. The second kappa shape index (κ2) is 4.58. The number of aliphatic hydroxyl groups excluding tert-OH is 5. The van der Waals surface area contributed by atoms with Crippen LogP contribution in [0.1, 0.15) is 0 Å². The molecule has 0 aromatic carbocycles. The number of hydrogen-bond acceptors (Lipinski definition) is 5. The van der Waals surface area contributed by atoms with Crippen LogP contribution in [-0.4, -0.2) is 56.8 Å². The molecular formula is C5H11FO5. The third-order valence-corrected chi connectivity index (χ3v) is 1.21. The maximum absolute atomic E-state index is 11.8. The van der Waals surface area contributed by atoms with Crippen LogP contribution in [-0.2, 0) is 0 Å². The van der Waals surface area contributed by atoms with Crippen LogP contribution in [0, 0.1) is 0 Å². The van der Waals surface area contributed by atoms with Gasteiger partial charge in [-0.2, -0.15) is 0 Å². The molecule has 0 amide bonds. The summed E-state index contributed by atoms with van der Waals surface area (Å²) in [6.45, 7) is -0.815. The van der Waals surface area contributed by atoms with E-state index in [1.165, 1.54) is 0 Å². The third kappa shape index (κ3) is 3.08. The Morgan fingerprint density at radius 3 is 1.73 bits per heavy atom. The van der Waals surface area contributed by atoms with Crippen molar-refractivity contribution in [3.05, 3.63) is 0 Å². The number of halogens is 1. The van der Waals surface area contributed by atoms with Crippen LogP contribution >= 0.6 is 0 Å². The smallest absolute Gasteiger partial charge is 0.225 e. The van der Waals surface area contributed by atoms with Crippen LogP contribution in [0.3, 0.4) is 0 Å². The second-order valence-corrected chi connectivity index (χ2v) is 2.10. The molecule has 4 atom stereocenters. The molecule has 0 radical (unpaired) electrons. The molecule has 0 spiro atoms. The fourth-order valence-electron chi connectivity index (χ4n) is 0.498. The summed E-state index contributed by atoms with van der Waals surface area (Å²) in [5.41, 5.74) is 0. The Morgan fingerprint density at radius 2 is 1.45 bits per heavy atom. The van der Waals surface area contributed by atoms with Gasteiger partial charge in [-0.05, 0) is 0 Å². The monoisotopic (exact) mass is 170 g/mol. The molecule has 1 unspecified atom stereocenters. The second-order valence-electron chi connectivity index (χ2n) is 2.10. The van der Waals surface area contributed by atoms with Gasteiger partial charge >= 0.3 is 0 Å². The minimum atomic E-state index is -2.63. The Hall–Kier alpha value is -0.270. The van der Waals surface area contributed by atoms with Gasteiger partial charge in [-0.3, -0.25) is 0 Å². The molecule has 11 heavy (non-hydrogen) atoms. The van der Waals surface area contributed by atoms with Crippen molar-refractivity contribution in [1.82, 2.24) is 0 Å². The summed E-state index contributed by atoms with van der Waals surface area (Å²) in [5.74, 6) is 0. The highest BCUT2D eigenvalue weighted by molar-refractivity contribution is 4.75. The van der Waals surface area contributed by atoms with E-state index in [2.05, 4.69) is 0 Å². The van der Waals surface area contributed by atoms with Crippen molar-refractivity contribution in [2.75, 3.05) is 6.61 Å². The van der Waals surface area contributed by atoms with Crippen molar-refractivity contribution in [3.63, 3.8) is 0 Å². The molecule has 0 fully saturated rings. The Balaban J connectivity index is 3.90. The van der Waals surface area contributed by atoms with Crippen molar-refractivity contribution in [2.45, 2.75) is 24.7 Å². The molecule has 0 heterocycles. The lowest BCUT2D eigenvalue weighted by Gasteiger charge is -2.21. The molecule has 6 heteroatoms. The first-order valence-corrected chi connectivity index (χ1v) is 2.98. The van der Waals surface area contributed by atoms with E-state index in [0.717, 1.165) is 0 Å². The summed E-state index contributed by atoms with van der Waals surface area (Å²) in [7, 11) is 0. The number of alkyl halides is 1. The lowest BCUT2D eigenvalue weighted by atomic mass is 10.1. The van der Waals surface area contributed by atoms with Crippen molar-refractivity contribution in [3.8, 4) is 0 Å². The predicted octanol–water partition coefficient (Wildman–Crippen LogP) is -2.65. The molecule has 0 saturated carbocycles. The minimum Gasteiger partial charge on any atom is -0.394 e. The third-order valence-electron chi connectivity index (χ3n) is 1.21. The molecule has 0 saturated heterocycles. The highest BCUT2D eigenvalue weighted by atomic mass is 19.1. The lowest BCUT2D eigenvalue weighted by Crippen LogP contribution is -2.44. The van der Waals surface area contributed by atoms with E-state index in [4.69, 9.17) is 25.5 Å². The van der Waals surface area contributed by atoms with E-state index in [1.54, 1.807) is 0 Å². The predicted molar refractivity (Wildman–Crippen MR) is 32.2 cm³/mol. The molecule has 5 nitrogen and oxygen atoms in total. The van der Waals surface area contributed by atoms with Gasteiger partial charge in [-0.15, -0.1) is 0 Å². The van der Waals surface area contributed by atoms with Crippen LogP contribution in [0.2, 0.25) is 0 Å². The largest absolute Gasteiger partial charge is 0.394 e. The van der Waals surface area contributed by atoms with Crippen LogP contribution in [0.15, 0.2) is 0 Å². The molecule has 68 valence electrons. The van der Waals surface area contributed by atoms with Crippen molar-refractivity contribution in [2.24, 2.45) is 0 Å². The quantitative estimate of drug-likeness (QED) is 0.317. The summed E-state index contributed by atoms with van der Waals surface area (Å²) in [4.78, 5) is 0. The van der Waals surface area contributed by atoms with Gasteiger partial charge in [0.15, 0.2) is 0 Å². The molecule has 0 aliphatic rings. The van der Waals surface area contributed by atoms with Crippen molar-refractivity contribution in [1.29, 1.82) is 0 Å². The molecule has 0 aliphatic heterocycles. The average Bonchev–Trinajstić information content (AvgIpc) is 2.00. The van der Waals surface area contributed by atoms with Gasteiger partial charge in [-0.1, -0.05) is 0 Å². The number of rotatable bonds is 4. The SMILES string of the molecule is OC[C@@H](O)[C@@H](O)[C@H](O)C(O)F. The van der Waals surface area contributed by atoms with E-state index < -0.39 is 31.3 Å². The summed E-state index contributed by atoms with van der Waals surface area (Å²) < 4.78 is 11.8. The fraction of sp³-hybridized carbons (Fsp3) is 1.00. The standard InChI is InChI=1S/C5H11FO5/c6-5(11)4(10)3(9)2(8)1-7/h2-5,7-11H,1H2/t2-,3-,4+,5?/m1/s1. The minimum absolute atomic E-state index is 0.815. The first-order chi connectivity index (χ1) is 5.00. The maximum atomic E-state index is 11.8. The average molecular weight is 170 g/mol. The van der Waals surface area contributed by atoms with Crippen LogP contribution < -0.4 is 0 Å². The highest BCUT2D eigenvalue weighted by Crippen LogP contribution is 2.04. The summed E-state index contributed by atoms with van der Waals surface area (Å²) in [6.07, 6.45) is -8.28. The van der Waals surface area contributed by atoms with Crippen molar-refractivity contribution < 1.29 is 29.9 Å². The van der Waals surface area contributed by atoms with Gasteiger partial charge in [0.2, 0.25) is 6.36 Å². The number of aliphatic hydroxyl groups is 5. The zero-order chi connectivity index (χ0) is 9.02. The van der Waals surface area contributed by atoms with Crippen molar-refractivity contribution >= 4 is 0 Å². The Morgan fingerprint density at radius 1 is 1.00 bits per heavy atom. The molecule has 0 rings (SSSR count). The van der Waals surface area contributed by atoms with Gasteiger partial charge in [0.25, 0.3) is 0 Å².